The molecule has 0 unspecified atom stereocenters. The van der Waals surface area contributed by atoms with Gasteiger partial charge in [-0.15, -0.1) is 0 Å². The molecule has 0 radical (unpaired) electrons. The molecule has 0 aliphatic carbocycles. The summed E-state index contributed by atoms with van der Waals surface area (Å²) >= 11 is 0. The zero-order chi connectivity index (χ0) is 9.50. The van der Waals surface area contributed by atoms with Crippen molar-refractivity contribution in [3.8, 4) is 0 Å². The Morgan fingerprint density at radius 2 is 1.18 bits per heavy atom. The lowest BCUT2D eigenvalue weighted by Gasteiger charge is -2.38. The number of alkyl halides is 3. The minimum Gasteiger partial charge on any atom is -0.390 e. The molecule has 68 valence electrons. The summed E-state index contributed by atoms with van der Waals surface area (Å²) in [6, 6.07) is 0. The van der Waals surface area contributed by atoms with Gasteiger partial charge in [0.05, 0.1) is 11.0 Å². The van der Waals surface area contributed by atoms with Crippen LogP contribution in [0.15, 0.2) is 0 Å². The van der Waals surface area contributed by atoms with E-state index in [1.54, 1.807) is 0 Å². The third-order valence-electron chi connectivity index (χ3n) is 2.24. The van der Waals surface area contributed by atoms with Crippen molar-refractivity contribution in [3.63, 3.8) is 0 Å². The maximum Gasteiger partial charge on any atom is 0.396 e. The fourth-order valence-electron chi connectivity index (χ4n) is 0.347. The molecule has 0 heterocycles. The SMILES string of the molecule is CC(C)(O)C(C)(C)C(F)(F)F. The minimum absolute atomic E-state index is 0.979. The van der Waals surface area contributed by atoms with Gasteiger partial charge in [0.15, 0.2) is 0 Å². The van der Waals surface area contributed by atoms with Gasteiger partial charge in [0.1, 0.15) is 0 Å². The van der Waals surface area contributed by atoms with Gasteiger partial charge >= 0.3 is 6.18 Å². The molecule has 0 rings (SSSR count). The van der Waals surface area contributed by atoms with Crippen molar-refractivity contribution in [2.45, 2.75) is 39.5 Å². The van der Waals surface area contributed by atoms with Gasteiger partial charge in [-0.25, -0.2) is 0 Å². The molecule has 0 aliphatic rings. The summed E-state index contributed by atoms with van der Waals surface area (Å²) in [5, 5.41) is 9.16. The number of halogens is 3. The first-order chi connectivity index (χ1) is 4.50. The Labute approximate surface area is 64.2 Å². The molecule has 11 heavy (non-hydrogen) atoms. The molecule has 0 aliphatic heterocycles. The zero-order valence-corrected chi connectivity index (χ0v) is 7.08. The number of aliphatic hydroxyl groups is 1. The lowest BCUT2D eigenvalue weighted by Crippen LogP contribution is -2.49. The van der Waals surface area contributed by atoms with E-state index < -0.39 is 17.2 Å². The van der Waals surface area contributed by atoms with Gasteiger partial charge in [0.25, 0.3) is 0 Å². The van der Waals surface area contributed by atoms with Crippen LogP contribution in [0, 0.1) is 5.41 Å². The van der Waals surface area contributed by atoms with Gasteiger partial charge < -0.3 is 5.11 Å². The Balaban J connectivity index is 4.75. The second-order valence-corrected chi connectivity index (χ2v) is 3.68. The van der Waals surface area contributed by atoms with Crippen LogP contribution in [0.1, 0.15) is 27.7 Å². The van der Waals surface area contributed by atoms with E-state index in [4.69, 9.17) is 5.11 Å². The summed E-state index contributed by atoms with van der Waals surface area (Å²) in [6.45, 7) is 4.26. The van der Waals surface area contributed by atoms with E-state index in [2.05, 4.69) is 0 Å². The Bertz CT molecular complexity index is 125. The van der Waals surface area contributed by atoms with Crippen molar-refractivity contribution in [2.75, 3.05) is 0 Å². The Hall–Kier alpha value is -0.250. The maximum absolute atomic E-state index is 12.2. The summed E-state index contributed by atoms with van der Waals surface area (Å²) in [5.41, 5.74) is -3.81. The second-order valence-electron chi connectivity index (χ2n) is 3.68. The summed E-state index contributed by atoms with van der Waals surface area (Å²) in [5.74, 6) is 0. The summed E-state index contributed by atoms with van der Waals surface area (Å²) in [6.07, 6.45) is -4.37. The number of hydrogen-bond acceptors (Lipinski definition) is 1. The second kappa shape index (κ2) is 2.37. The molecule has 4 heteroatoms. The van der Waals surface area contributed by atoms with Crippen LogP contribution in [-0.2, 0) is 0 Å². The van der Waals surface area contributed by atoms with Crippen LogP contribution in [-0.4, -0.2) is 16.9 Å². The van der Waals surface area contributed by atoms with Gasteiger partial charge in [0, 0.05) is 0 Å². The van der Waals surface area contributed by atoms with E-state index in [0.29, 0.717) is 0 Å². The Morgan fingerprint density at radius 1 is 0.909 bits per heavy atom. The standard InChI is InChI=1S/C7H13F3O/c1-5(2,6(3,4)11)7(8,9)10/h11H,1-4H3. The molecule has 0 aromatic heterocycles. The first-order valence-corrected chi connectivity index (χ1v) is 3.29. The molecule has 1 N–H and O–H groups in total. The first-order valence-electron chi connectivity index (χ1n) is 3.29. The van der Waals surface area contributed by atoms with Crippen LogP contribution in [0.25, 0.3) is 0 Å². The summed E-state index contributed by atoms with van der Waals surface area (Å²) in [4.78, 5) is 0. The highest BCUT2D eigenvalue weighted by Crippen LogP contribution is 2.45. The molecular weight excluding hydrogens is 157 g/mol. The van der Waals surface area contributed by atoms with Crippen LogP contribution in [0.2, 0.25) is 0 Å². The fraction of sp³-hybridized carbons (Fsp3) is 1.00. The van der Waals surface area contributed by atoms with Crippen LogP contribution >= 0.6 is 0 Å². The van der Waals surface area contributed by atoms with Gasteiger partial charge in [-0.3, -0.25) is 0 Å². The van der Waals surface area contributed by atoms with Gasteiger partial charge in [-0.05, 0) is 27.7 Å². The molecule has 0 aromatic rings. The third kappa shape index (κ3) is 1.86. The third-order valence-corrected chi connectivity index (χ3v) is 2.24. The van der Waals surface area contributed by atoms with Crippen molar-refractivity contribution in [1.82, 2.24) is 0 Å². The highest BCUT2D eigenvalue weighted by atomic mass is 19.4. The van der Waals surface area contributed by atoms with Gasteiger partial charge in [-0.2, -0.15) is 13.2 Å². The monoisotopic (exact) mass is 170 g/mol. The van der Waals surface area contributed by atoms with E-state index in [-0.39, 0.29) is 0 Å². The summed E-state index contributed by atoms with van der Waals surface area (Å²) < 4.78 is 36.5. The molecule has 0 saturated heterocycles. The lowest BCUT2D eigenvalue weighted by atomic mass is 9.77. The Kier molecular flexibility index (Phi) is 2.32. The van der Waals surface area contributed by atoms with Gasteiger partial charge in [-0.1, -0.05) is 0 Å². The molecule has 0 bridgehead atoms. The van der Waals surface area contributed by atoms with Crippen molar-refractivity contribution in [2.24, 2.45) is 5.41 Å². The van der Waals surface area contributed by atoms with Crippen molar-refractivity contribution in [1.29, 1.82) is 0 Å². The topological polar surface area (TPSA) is 20.2 Å². The molecule has 0 fully saturated rings. The molecule has 0 spiro atoms. The molecule has 0 saturated carbocycles. The summed E-state index contributed by atoms with van der Waals surface area (Å²) in [7, 11) is 0. The smallest absolute Gasteiger partial charge is 0.390 e. The minimum atomic E-state index is -4.37. The van der Waals surface area contributed by atoms with E-state index in [9.17, 15) is 13.2 Å². The largest absolute Gasteiger partial charge is 0.396 e. The maximum atomic E-state index is 12.2. The lowest BCUT2D eigenvalue weighted by molar-refractivity contribution is -0.262. The molecule has 0 aromatic carbocycles. The average Bonchev–Trinajstić information content (AvgIpc) is 1.58. The van der Waals surface area contributed by atoms with E-state index >= 15 is 0 Å². The normalized spacial score (nSPS) is 15.3. The zero-order valence-electron chi connectivity index (χ0n) is 7.08. The van der Waals surface area contributed by atoms with Crippen LogP contribution in [0.3, 0.4) is 0 Å². The van der Waals surface area contributed by atoms with Crippen LogP contribution < -0.4 is 0 Å². The quantitative estimate of drug-likeness (QED) is 0.640. The van der Waals surface area contributed by atoms with E-state index in [1.165, 1.54) is 0 Å². The Morgan fingerprint density at radius 3 is 1.18 bits per heavy atom. The predicted molar refractivity (Wildman–Crippen MR) is 36.1 cm³/mol. The average molecular weight is 170 g/mol. The highest BCUT2D eigenvalue weighted by Gasteiger charge is 2.55. The molecule has 0 amide bonds. The van der Waals surface area contributed by atoms with Gasteiger partial charge in [0.2, 0.25) is 0 Å². The number of rotatable bonds is 1. The highest BCUT2D eigenvalue weighted by molar-refractivity contribution is 4.91. The van der Waals surface area contributed by atoms with Crippen molar-refractivity contribution in [3.05, 3.63) is 0 Å². The van der Waals surface area contributed by atoms with Crippen molar-refractivity contribution >= 4 is 0 Å². The van der Waals surface area contributed by atoms with Crippen molar-refractivity contribution < 1.29 is 18.3 Å². The molecule has 1 nitrogen and oxygen atoms in total. The van der Waals surface area contributed by atoms with Crippen LogP contribution in [0.4, 0.5) is 13.2 Å². The fourth-order valence-corrected chi connectivity index (χ4v) is 0.347. The first kappa shape index (κ1) is 10.8. The van der Waals surface area contributed by atoms with E-state index in [0.717, 1.165) is 27.7 Å². The van der Waals surface area contributed by atoms with E-state index in [1.807, 2.05) is 0 Å². The number of hydrogen-bond donors (Lipinski definition) is 1. The predicted octanol–water partition coefficient (Wildman–Crippen LogP) is 2.35. The van der Waals surface area contributed by atoms with Crippen LogP contribution in [0.5, 0.6) is 0 Å². The molecular formula is C7H13F3O. The molecule has 0 atom stereocenters.